The zero-order chi connectivity index (χ0) is 15.5. The van der Waals surface area contributed by atoms with Crippen LogP contribution >= 0.6 is 0 Å². The first-order valence-electron chi connectivity index (χ1n) is 7.28. The van der Waals surface area contributed by atoms with Gasteiger partial charge in [-0.05, 0) is 25.1 Å². The van der Waals surface area contributed by atoms with Crippen LogP contribution in [0.1, 0.15) is 19.8 Å². The number of benzene rings is 1. The van der Waals surface area contributed by atoms with Crippen molar-refractivity contribution in [2.24, 2.45) is 0 Å². The SMILES string of the molecule is CCCCN(CCO)CC(=O)N(CC#N)c1ccccc1. The lowest BCUT2D eigenvalue weighted by atomic mass is 10.2. The van der Waals surface area contributed by atoms with Crippen molar-refractivity contribution in [3.05, 3.63) is 30.3 Å². The average molecular weight is 289 g/mol. The topological polar surface area (TPSA) is 67.6 Å². The summed E-state index contributed by atoms with van der Waals surface area (Å²) < 4.78 is 0. The number of nitriles is 1. The van der Waals surface area contributed by atoms with Crippen LogP contribution in [-0.4, -0.2) is 48.7 Å². The van der Waals surface area contributed by atoms with E-state index in [4.69, 9.17) is 10.4 Å². The average Bonchev–Trinajstić information content (AvgIpc) is 2.51. The Morgan fingerprint density at radius 2 is 2.00 bits per heavy atom. The van der Waals surface area contributed by atoms with E-state index in [2.05, 4.69) is 6.92 Å². The first kappa shape index (κ1) is 17.2. The Labute approximate surface area is 126 Å². The van der Waals surface area contributed by atoms with Gasteiger partial charge in [-0.25, -0.2) is 0 Å². The number of carbonyl (C=O) groups excluding carboxylic acids is 1. The van der Waals surface area contributed by atoms with Crippen molar-refractivity contribution in [2.45, 2.75) is 19.8 Å². The summed E-state index contributed by atoms with van der Waals surface area (Å²) in [5.74, 6) is -0.118. The number of hydrogen-bond donors (Lipinski definition) is 1. The van der Waals surface area contributed by atoms with E-state index in [9.17, 15) is 4.79 Å². The van der Waals surface area contributed by atoms with Gasteiger partial charge in [0.2, 0.25) is 5.91 Å². The summed E-state index contributed by atoms with van der Waals surface area (Å²) in [6.07, 6.45) is 2.02. The Balaban J connectivity index is 2.73. The van der Waals surface area contributed by atoms with E-state index in [1.54, 1.807) is 0 Å². The number of aliphatic hydroxyl groups excluding tert-OH is 1. The quantitative estimate of drug-likeness (QED) is 0.702. The van der Waals surface area contributed by atoms with E-state index in [1.807, 2.05) is 41.3 Å². The number of amides is 1. The zero-order valence-electron chi connectivity index (χ0n) is 12.5. The second kappa shape index (κ2) is 9.92. The Hall–Kier alpha value is -1.90. The van der Waals surface area contributed by atoms with Gasteiger partial charge in [0.05, 0.1) is 19.2 Å². The summed E-state index contributed by atoms with van der Waals surface area (Å²) in [4.78, 5) is 15.8. The fourth-order valence-corrected chi connectivity index (χ4v) is 2.07. The largest absolute Gasteiger partial charge is 0.395 e. The van der Waals surface area contributed by atoms with Crippen molar-refractivity contribution in [1.29, 1.82) is 5.26 Å². The van der Waals surface area contributed by atoms with Gasteiger partial charge in [-0.1, -0.05) is 31.5 Å². The van der Waals surface area contributed by atoms with Crippen molar-refractivity contribution in [2.75, 3.05) is 37.7 Å². The van der Waals surface area contributed by atoms with Crippen LogP contribution < -0.4 is 4.90 Å². The number of anilines is 1. The summed E-state index contributed by atoms with van der Waals surface area (Å²) in [6, 6.07) is 11.2. The molecule has 0 spiro atoms. The number of aliphatic hydroxyl groups is 1. The highest BCUT2D eigenvalue weighted by Gasteiger charge is 2.18. The number of para-hydroxylation sites is 1. The Morgan fingerprint density at radius 3 is 2.57 bits per heavy atom. The van der Waals surface area contributed by atoms with Gasteiger partial charge in [0.15, 0.2) is 0 Å². The molecule has 0 aliphatic heterocycles. The summed E-state index contributed by atoms with van der Waals surface area (Å²) in [6.45, 7) is 3.62. The minimum Gasteiger partial charge on any atom is -0.395 e. The van der Waals surface area contributed by atoms with E-state index < -0.39 is 0 Å². The normalized spacial score (nSPS) is 10.4. The van der Waals surface area contributed by atoms with Gasteiger partial charge in [0.1, 0.15) is 6.54 Å². The predicted octanol–water partition coefficient (Wildman–Crippen LogP) is 1.64. The maximum absolute atomic E-state index is 12.4. The molecule has 0 fully saturated rings. The predicted molar refractivity (Wildman–Crippen MR) is 82.8 cm³/mol. The summed E-state index contributed by atoms with van der Waals surface area (Å²) in [7, 11) is 0. The minimum atomic E-state index is -0.118. The second-order valence-electron chi connectivity index (χ2n) is 4.83. The van der Waals surface area contributed by atoms with Crippen molar-refractivity contribution >= 4 is 11.6 Å². The Kier molecular flexibility index (Phi) is 8.10. The summed E-state index contributed by atoms with van der Waals surface area (Å²) in [5, 5.41) is 18.0. The molecule has 5 nitrogen and oxygen atoms in total. The lowest BCUT2D eigenvalue weighted by Crippen LogP contribution is -2.42. The molecule has 0 atom stereocenters. The monoisotopic (exact) mass is 289 g/mol. The van der Waals surface area contributed by atoms with Crippen LogP contribution in [0.3, 0.4) is 0 Å². The molecule has 0 unspecified atom stereocenters. The third-order valence-electron chi connectivity index (χ3n) is 3.20. The number of unbranched alkanes of at least 4 members (excludes halogenated alkanes) is 1. The highest BCUT2D eigenvalue weighted by Crippen LogP contribution is 2.13. The number of carbonyl (C=O) groups is 1. The number of rotatable bonds is 9. The van der Waals surface area contributed by atoms with E-state index in [0.717, 1.165) is 25.1 Å². The van der Waals surface area contributed by atoms with Crippen molar-refractivity contribution in [3.8, 4) is 6.07 Å². The molecule has 0 radical (unpaired) electrons. The molecule has 1 N–H and O–H groups in total. The molecule has 0 saturated carbocycles. The smallest absolute Gasteiger partial charge is 0.242 e. The first-order valence-corrected chi connectivity index (χ1v) is 7.28. The highest BCUT2D eigenvalue weighted by molar-refractivity contribution is 5.95. The maximum atomic E-state index is 12.4. The van der Waals surface area contributed by atoms with Crippen LogP contribution in [0.5, 0.6) is 0 Å². The molecule has 21 heavy (non-hydrogen) atoms. The molecule has 0 bridgehead atoms. The van der Waals surface area contributed by atoms with Gasteiger partial charge in [0.25, 0.3) is 0 Å². The van der Waals surface area contributed by atoms with Crippen LogP contribution in [0.25, 0.3) is 0 Å². The van der Waals surface area contributed by atoms with E-state index in [1.165, 1.54) is 4.90 Å². The van der Waals surface area contributed by atoms with Crippen LogP contribution in [0, 0.1) is 11.3 Å². The zero-order valence-corrected chi connectivity index (χ0v) is 12.5. The van der Waals surface area contributed by atoms with E-state index in [-0.39, 0.29) is 25.6 Å². The molecule has 0 saturated heterocycles. The highest BCUT2D eigenvalue weighted by atomic mass is 16.3. The third-order valence-corrected chi connectivity index (χ3v) is 3.20. The lowest BCUT2D eigenvalue weighted by molar-refractivity contribution is -0.119. The van der Waals surface area contributed by atoms with Gasteiger partial charge in [-0.15, -0.1) is 0 Å². The molecule has 0 heterocycles. The summed E-state index contributed by atoms with van der Waals surface area (Å²) in [5.41, 5.74) is 0.725. The van der Waals surface area contributed by atoms with Gasteiger partial charge in [0, 0.05) is 12.2 Å². The fourth-order valence-electron chi connectivity index (χ4n) is 2.07. The number of hydrogen-bond acceptors (Lipinski definition) is 4. The molecule has 0 aliphatic carbocycles. The molecule has 0 aliphatic rings. The molecule has 5 heteroatoms. The maximum Gasteiger partial charge on any atom is 0.242 e. The van der Waals surface area contributed by atoms with Gasteiger partial charge < -0.3 is 5.11 Å². The van der Waals surface area contributed by atoms with Crippen molar-refractivity contribution in [3.63, 3.8) is 0 Å². The van der Waals surface area contributed by atoms with Crippen molar-refractivity contribution < 1.29 is 9.90 Å². The minimum absolute atomic E-state index is 0.0284. The molecular weight excluding hydrogens is 266 g/mol. The Bertz CT molecular complexity index is 456. The Morgan fingerprint density at radius 1 is 1.29 bits per heavy atom. The standard InChI is InChI=1S/C16H23N3O2/c1-2-3-10-18(12-13-20)14-16(21)19(11-9-17)15-7-5-4-6-8-15/h4-8,20H,2-3,10-14H2,1H3. The molecule has 1 aromatic carbocycles. The molecule has 0 aromatic heterocycles. The van der Waals surface area contributed by atoms with E-state index >= 15 is 0 Å². The van der Waals surface area contributed by atoms with E-state index in [0.29, 0.717) is 6.54 Å². The van der Waals surface area contributed by atoms with Crippen LogP contribution in [0.15, 0.2) is 30.3 Å². The molecule has 114 valence electrons. The molecule has 1 rings (SSSR count). The van der Waals surface area contributed by atoms with Gasteiger partial charge in [-0.3, -0.25) is 14.6 Å². The molecule has 1 aromatic rings. The molecular formula is C16H23N3O2. The first-order chi connectivity index (χ1) is 10.2. The van der Waals surface area contributed by atoms with Crippen LogP contribution in [0.2, 0.25) is 0 Å². The lowest BCUT2D eigenvalue weighted by Gasteiger charge is -2.25. The second-order valence-corrected chi connectivity index (χ2v) is 4.83. The number of nitrogens with zero attached hydrogens (tertiary/aromatic N) is 3. The third kappa shape index (κ3) is 5.94. The van der Waals surface area contributed by atoms with Crippen molar-refractivity contribution in [1.82, 2.24) is 4.90 Å². The fraction of sp³-hybridized carbons (Fsp3) is 0.500. The van der Waals surface area contributed by atoms with Gasteiger partial charge in [-0.2, -0.15) is 5.26 Å². The van der Waals surface area contributed by atoms with Gasteiger partial charge >= 0.3 is 0 Å². The van der Waals surface area contributed by atoms with Crippen LogP contribution in [0.4, 0.5) is 5.69 Å². The van der Waals surface area contributed by atoms with Crippen LogP contribution in [-0.2, 0) is 4.79 Å². The molecule has 1 amide bonds. The summed E-state index contributed by atoms with van der Waals surface area (Å²) >= 11 is 0.